The molecular weight excluding hydrogens is 370 g/mol. The normalized spacial score (nSPS) is 19.2. The molecule has 2 amide bonds. The van der Waals surface area contributed by atoms with Gasteiger partial charge in [-0.25, -0.2) is 0 Å². The highest BCUT2D eigenvalue weighted by Gasteiger charge is 2.41. The zero-order valence-electron chi connectivity index (χ0n) is 16.4. The molecule has 1 spiro atoms. The summed E-state index contributed by atoms with van der Waals surface area (Å²) in [4.78, 5) is 34.6. The van der Waals surface area contributed by atoms with Crippen LogP contribution in [0.1, 0.15) is 53.4 Å². The van der Waals surface area contributed by atoms with Crippen molar-refractivity contribution in [1.82, 2.24) is 14.8 Å². The lowest BCUT2D eigenvalue weighted by molar-refractivity contribution is -0.139. The summed E-state index contributed by atoms with van der Waals surface area (Å²) >= 11 is 1.67. The average Bonchev–Trinajstić information content (AvgIpc) is 3.21. The maximum Gasteiger partial charge on any atom is 0.254 e. The van der Waals surface area contributed by atoms with Gasteiger partial charge in [-0.2, -0.15) is 0 Å². The van der Waals surface area contributed by atoms with Gasteiger partial charge in [0.1, 0.15) is 0 Å². The summed E-state index contributed by atoms with van der Waals surface area (Å²) in [5, 5.41) is 1.99. The molecule has 0 aliphatic carbocycles. The predicted molar refractivity (Wildman–Crippen MR) is 110 cm³/mol. The molecule has 0 atom stereocenters. The van der Waals surface area contributed by atoms with Gasteiger partial charge >= 0.3 is 0 Å². The highest BCUT2D eigenvalue weighted by Crippen LogP contribution is 2.41. The predicted octanol–water partition coefficient (Wildman–Crippen LogP) is 3.75. The number of pyridine rings is 1. The van der Waals surface area contributed by atoms with Gasteiger partial charge in [0.05, 0.1) is 5.56 Å². The van der Waals surface area contributed by atoms with Gasteiger partial charge < -0.3 is 9.80 Å². The van der Waals surface area contributed by atoms with Crippen LogP contribution in [0.5, 0.6) is 0 Å². The number of piperidine rings is 2. The fourth-order valence-corrected chi connectivity index (χ4v) is 5.22. The van der Waals surface area contributed by atoms with E-state index in [2.05, 4.69) is 11.9 Å². The summed E-state index contributed by atoms with van der Waals surface area (Å²) in [5.41, 5.74) is 2.11. The Bertz CT molecular complexity index is 840. The first kappa shape index (κ1) is 19.1. The van der Waals surface area contributed by atoms with E-state index in [9.17, 15) is 9.59 Å². The standard InChI is InChI=1S/C22H27N3O2S/c1-2-19-13-18(15-28-19)21(27)24-11-7-22(8-12-24)6-3-20(26)25(16-22)14-17-4-9-23-10-5-17/h4-5,9-10,13,15H,2-3,6-8,11-12,14,16H2,1H3. The van der Waals surface area contributed by atoms with Gasteiger partial charge in [-0.1, -0.05) is 6.92 Å². The minimum absolute atomic E-state index is 0.154. The van der Waals surface area contributed by atoms with Gasteiger partial charge in [0.15, 0.2) is 0 Å². The molecule has 2 fully saturated rings. The van der Waals surface area contributed by atoms with Gasteiger partial charge in [-0.15, -0.1) is 11.3 Å². The van der Waals surface area contributed by atoms with E-state index in [1.54, 1.807) is 23.7 Å². The Balaban J connectivity index is 1.38. The molecule has 148 valence electrons. The number of carbonyl (C=O) groups is 2. The number of aryl methyl sites for hydroxylation is 1. The molecule has 5 nitrogen and oxygen atoms in total. The second-order valence-corrected chi connectivity index (χ2v) is 9.05. The van der Waals surface area contributed by atoms with Crippen LogP contribution in [0.4, 0.5) is 0 Å². The van der Waals surface area contributed by atoms with Crippen molar-refractivity contribution in [3.8, 4) is 0 Å². The van der Waals surface area contributed by atoms with Crippen molar-refractivity contribution >= 4 is 23.2 Å². The van der Waals surface area contributed by atoms with Crippen molar-refractivity contribution in [2.75, 3.05) is 19.6 Å². The number of thiophene rings is 1. The summed E-state index contributed by atoms with van der Waals surface area (Å²) < 4.78 is 0. The van der Waals surface area contributed by atoms with Gasteiger partial charge in [-0.3, -0.25) is 14.6 Å². The largest absolute Gasteiger partial charge is 0.339 e. The number of aromatic nitrogens is 1. The molecule has 0 aromatic carbocycles. The zero-order chi connectivity index (χ0) is 19.6. The maximum atomic E-state index is 12.8. The Hall–Kier alpha value is -2.21. The monoisotopic (exact) mass is 397 g/mol. The summed E-state index contributed by atoms with van der Waals surface area (Å²) in [6.45, 7) is 5.14. The van der Waals surface area contributed by atoms with Crippen molar-refractivity contribution in [2.24, 2.45) is 5.41 Å². The van der Waals surface area contributed by atoms with E-state index in [0.717, 1.165) is 56.4 Å². The summed E-state index contributed by atoms with van der Waals surface area (Å²) in [6, 6.07) is 5.98. The van der Waals surface area contributed by atoms with Crippen LogP contribution in [0.2, 0.25) is 0 Å². The van der Waals surface area contributed by atoms with E-state index in [4.69, 9.17) is 0 Å². The highest BCUT2D eigenvalue weighted by atomic mass is 32.1. The number of amides is 2. The van der Waals surface area contributed by atoms with E-state index >= 15 is 0 Å². The molecule has 0 saturated carbocycles. The van der Waals surface area contributed by atoms with E-state index in [0.29, 0.717) is 13.0 Å². The molecular formula is C22H27N3O2S. The number of carbonyl (C=O) groups excluding carboxylic acids is 2. The van der Waals surface area contributed by atoms with Crippen molar-refractivity contribution in [2.45, 2.75) is 45.6 Å². The number of likely N-dealkylation sites (tertiary alicyclic amines) is 2. The first-order chi connectivity index (χ1) is 13.6. The summed E-state index contributed by atoms with van der Waals surface area (Å²) in [6.07, 6.45) is 8.04. The molecule has 4 heterocycles. The van der Waals surface area contributed by atoms with Crippen molar-refractivity contribution in [1.29, 1.82) is 0 Å². The number of hydrogen-bond donors (Lipinski definition) is 0. The Morgan fingerprint density at radius 2 is 1.96 bits per heavy atom. The Labute approximate surface area is 170 Å². The highest BCUT2D eigenvalue weighted by molar-refractivity contribution is 7.10. The number of nitrogens with zero attached hydrogens (tertiary/aromatic N) is 3. The third kappa shape index (κ3) is 3.97. The van der Waals surface area contributed by atoms with Crippen LogP contribution in [0.15, 0.2) is 36.0 Å². The van der Waals surface area contributed by atoms with Crippen molar-refractivity contribution < 1.29 is 9.59 Å². The van der Waals surface area contributed by atoms with Crippen molar-refractivity contribution in [3.63, 3.8) is 0 Å². The van der Waals surface area contributed by atoms with Crippen LogP contribution in [0.25, 0.3) is 0 Å². The molecule has 4 rings (SSSR count). The van der Waals surface area contributed by atoms with Gasteiger partial charge in [-0.05, 0) is 54.9 Å². The second kappa shape index (κ2) is 8.03. The quantitative estimate of drug-likeness (QED) is 0.790. The molecule has 2 aliphatic heterocycles. The molecule has 0 radical (unpaired) electrons. The molecule has 6 heteroatoms. The third-order valence-corrected chi connectivity index (χ3v) is 7.31. The molecule has 2 aromatic rings. The Kier molecular flexibility index (Phi) is 5.49. The van der Waals surface area contributed by atoms with Gasteiger partial charge in [0.25, 0.3) is 5.91 Å². The van der Waals surface area contributed by atoms with E-state index in [1.165, 1.54) is 4.88 Å². The zero-order valence-corrected chi connectivity index (χ0v) is 17.2. The third-order valence-electron chi connectivity index (χ3n) is 6.23. The smallest absolute Gasteiger partial charge is 0.254 e. The molecule has 2 saturated heterocycles. The van der Waals surface area contributed by atoms with Crippen LogP contribution in [0, 0.1) is 5.41 Å². The van der Waals surface area contributed by atoms with E-state index < -0.39 is 0 Å². The molecule has 0 N–H and O–H groups in total. The lowest BCUT2D eigenvalue weighted by atomic mass is 9.72. The van der Waals surface area contributed by atoms with Crippen LogP contribution < -0.4 is 0 Å². The average molecular weight is 398 g/mol. The first-order valence-electron chi connectivity index (χ1n) is 10.1. The molecule has 28 heavy (non-hydrogen) atoms. The second-order valence-electron chi connectivity index (χ2n) is 8.05. The molecule has 2 aliphatic rings. The van der Waals surface area contributed by atoms with Crippen molar-refractivity contribution in [3.05, 3.63) is 52.0 Å². The van der Waals surface area contributed by atoms with Gasteiger partial charge in [0.2, 0.25) is 5.91 Å². The first-order valence-corrected chi connectivity index (χ1v) is 11.0. The van der Waals surface area contributed by atoms with Gasteiger partial charge in [0, 0.05) is 55.3 Å². The number of rotatable bonds is 4. The number of hydrogen-bond acceptors (Lipinski definition) is 4. The minimum Gasteiger partial charge on any atom is -0.339 e. The fourth-order valence-electron chi connectivity index (χ4n) is 4.41. The SMILES string of the molecule is CCc1cc(C(=O)N2CCC3(CCC(=O)N(Cc4ccncc4)C3)CC2)cs1. The fraction of sp³-hybridized carbons (Fsp3) is 0.500. The lowest BCUT2D eigenvalue weighted by Crippen LogP contribution is -2.52. The van der Waals surface area contributed by atoms with E-state index in [1.807, 2.05) is 33.4 Å². The lowest BCUT2D eigenvalue weighted by Gasteiger charge is -2.47. The van der Waals surface area contributed by atoms with Crippen LogP contribution >= 0.6 is 11.3 Å². The summed E-state index contributed by atoms with van der Waals surface area (Å²) in [7, 11) is 0. The molecule has 2 aromatic heterocycles. The van der Waals surface area contributed by atoms with E-state index in [-0.39, 0.29) is 17.2 Å². The Morgan fingerprint density at radius 1 is 1.21 bits per heavy atom. The van der Waals surface area contributed by atoms with Crippen LogP contribution in [0.3, 0.4) is 0 Å². The van der Waals surface area contributed by atoms with Crippen LogP contribution in [-0.4, -0.2) is 46.2 Å². The summed E-state index contributed by atoms with van der Waals surface area (Å²) in [5.74, 6) is 0.401. The Morgan fingerprint density at radius 3 is 2.64 bits per heavy atom. The minimum atomic E-state index is 0.154. The molecule has 0 bridgehead atoms. The van der Waals surface area contributed by atoms with Crippen LogP contribution in [-0.2, 0) is 17.8 Å². The topological polar surface area (TPSA) is 53.5 Å². The molecule has 0 unspecified atom stereocenters. The maximum absolute atomic E-state index is 12.8.